The molecule has 0 radical (unpaired) electrons. The molecule has 5 rings (SSSR count). The van der Waals surface area contributed by atoms with Crippen LogP contribution in [-0.4, -0.2) is 34.5 Å². The fraction of sp³-hybridized carbons (Fsp3) is 0.333. The largest absolute Gasteiger partial charge is 0.433 e. The topological polar surface area (TPSA) is 118 Å². The zero-order valence-corrected chi connectivity index (χ0v) is 17.3. The van der Waals surface area contributed by atoms with Crippen molar-refractivity contribution in [3.63, 3.8) is 0 Å². The fourth-order valence-electron chi connectivity index (χ4n) is 4.14. The molecule has 0 spiro atoms. The molecule has 0 aromatic carbocycles. The first kappa shape index (κ1) is 20.9. The van der Waals surface area contributed by atoms with E-state index in [1.807, 2.05) is 23.0 Å². The van der Waals surface area contributed by atoms with E-state index in [2.05, 4.69) is 25.1 Å². The average molecular weight is 454 g/mol. The minimum Gasteiger partial charge on any atom is -0.309 e. The molecular weight excluding hydrogens is 437 g/mol. The molecule has 4 aromatic rings. The standard InChI is InChI=1S/C21H17F3N8O/c1-11(12-3-6-16(26-10-12)21(22,23)24)32-19-17(14(9-25)30-32)20(33)29-18(28-19)13-4-5-15(13)31-8-2-7-27-31/h2-3,6-8,10-11,13,15H,4-5H2,1H3,(H,28,29,33)/t11-,13?,15?/m0/s1. The highest BCUT2D eigenvalue weighted by molar-refractivity contribution is 5.80. The lowest BCUT2D eigenvalue weighted by atomic mass is 9.79. The fourth-order valence-corrected chi connectivity index (χ4v) is 4.14. The maximum atomic E-state index is 12.9. The van der Waals surface area contributed by atoms with Crippen molar-refractivity contribution in [2.24, 2.45) is 0 Å². The van der Waals surface area contributed by atoms with Crippen molar-refractivity contribution in [1.29, 1.82) is 5.26 Å². The molecule has 1 aliphatic carbocycles. The Balaban J connectivity index is 1.58. The van der Waals surface area contributed by atoms with Gasteiger partial charge >= 0.3 is 6.18 Å². The molecule has 1 aliphatic rings. The van der Waals surface area contributed by atoms with Gasteiger partial charge in [-0.3, -0.25) is 14.5 Å². The summed E-state index contributed by atoms with van der Waals surface area (Å²) in [6, 6.07) is 5.34. The van der Waals surface area contributed by atoms with Gasteiger partial charge in [0.05, 0.1) is 12.1 Å². The maximum Gasteiger partial charge on any atom is 0.433 e. The number of H-pyrrole nitrogens is 1. The highest BCUT2D eigenvalue weighted by Crippen LogP contribution is 2.44. The maximum absolute atomic E-state index is 12.9. The first-order valence-electron chi connectivity index (χ1n) is 10.2. The lowest BCUT2D eigenvalue weighted by Crippen LogP contribution is -2.30. The highest BCUT2D eigenvalue weighted by Gasteiger charge is 2.37. The Morgan fingerprint density at radius 2 is 2.12 bits per heavy atom. The number of rotatable bonds is 4. The van der Waals surface area contributed by atoms with Gasteiger partial charge in [0.1, 0.15) is 23.0 Å². The molecule has 1 N–H and O–H groups in total. The molecule has 4 heterocycles. The Labute approximate surface area is 184 Å². The van der Waals surface area contributed by atoms with E-state index in [1.165, 1.54) is 10.7 Å². The molecule has 33 heavy (non-hydrogen) atoms. The molecule has 3 atom stereocenters. The summed E-state index contributed by atoms with van der Waals surface area (Å²) in [5, 5.41) is 18.1. The first-order chi connectivity index (χ1) is 15.8. The van der Waals surface area contributed by atoms with Crippen LogP contribution >= 0.6 is 0 Å². The number of aromatic amines is 1. The van der Waals surface area contributed by atoms with Gasteiger partial charge in [-0.25, -0.2) is 9.67 Å². The van der Waals surface area contributed by atoms with E-state index in [1.54, 1.807) is 13.1 Å². The van der Waals surface area contributed by atoms with Crippen LogP contribution in [0.1, 0.15) is 60.5 Å². The van der Waals surface area contributed by atoms with Crippen LogP contribution in [0.15, 0.2) is 41.6 Å². The summed E-state index contributed by atoms with van der Waals surface area (Å²) in [5.41, 5.74) is -0.966. The molecule has 0 bridgehead atoms. The van der Waals surface area contributed by atoms with Crippen LogP contribution in [0.25, 0.3) is 11.0 Å². The van der Waals surface area contributed by atoms with Gasteiger partial charge in [-0.2, -0.15) is 28.6 Å². The number of hydrogen-bond donors (Lipinski definition) is 1. The van der Waals surface area contributed by atoms with Gasteiger partial charge in [0.15, 0.2) is 11.3 Å². The second-order valence-corrected chi connectivity index (χ2v) is 7.94. The molecule has 1 saturated carbocycles. The van der Waals surface area contributed by atoms with Crippen molar-refractivity contribution in [2.45, 2.75) is 43.9 Å². The van der Waals surface area contributed by atoms with E-state index in [-0.39, 0.29) is 28.7 Å². The van der Waals surface area contributed by atoms with Crippen LogP contribution < -0.4 is 5.56 Å². The molecule has 9 nitrogen and oxygen atoms in total. The summed E-state index contributed by atoms with van der Waals surface area (Å²) in [4.78, 5) is 23.8. The smallest absolute Gasteiger partial charge is 0.309 e. The molecule has 12 heteroatoms. The molecule has 0 aliphatic heterocycles. The predicted molar refractivity (Wildman–Crippen MR) is 109 cm³/mol. The van der Waals surface area contributed by atoms with Crippen molar-refractivity contribution in [3.8, 4) is 6.07 Å². The summed E-state index contributed by atoms with van der Waals surface area (Å²) in [6.45, 7) is 1.69. The number of alkyl halides is 3. The lowest BCUT2D eigenvalue weighted by Gasteiger charge is -2.35. The lowest BCUT2D eigenvalue weighted by molar-refractivity contribution is -0.141. The van der Waals surface area contributed by atoms with E-state index in [0.717, 1.165) is 25.1 Å². The van der Waals surface area contributed by atoms with Crippen LogP contribution in [0, 0.1) is 11.3 Å². The normalized spacial score (nSPS) is 19.2. The molecule has 0 saturated heterocycles. The monoisotopic (exact) mass is 454 g/mol. The number of fused-ring (bicyclic) bond motifs is 1. The van der Waals surface area contributed by atoms with Crippen molar-refractivity contribution >= 4 is 11.0 Å². The van der Waals surface area contributed by atoms with E-state index in [9.17, 15) is 23.2 Å². The Morgan fingerprint density at radius 3 is 2.70 bits per heavy atom. The summed E-state index contributed by atoms with van der Waals surface area (Å²) in [7, 11) is 0. The van der Waals surface area contributed by atoms with Crippen molar-refractivity contribution < 1.29 is 13.2 Å². The number of pyridine rings is 1. The molecule has 0 amide bonds. The number of halogens is 3. The van der Waals surface area contributed by atoms with Gasteiger partial charge in [0.25, 0.3) is 5.56 Å². The number of nitriles is 1. The van der Waals surface area contributed by atoms with Gasteiger partial charge in [0, 0.05) is 24.5 Å². The number of nitrogens with one attached hydrogen (secondary N) is 1. The van der Waals surface area contributed by atoms with E-state index < -0.39 is 23.5 Å². The van der Waals surface area contributed by atoms with E-state index in [0.29, 0.717) is 11.4 Å². The summed E-state index contributed by atoms with van der Waals surface area (Å²) < 4.78 is 41.8. The van der Waals surface area contributed by atoms with Gasteiger partial charge < -0.3 is 4.98 Å². The quantitative estimate of drug-likeness (QED) is 0.505. The second-order valence-electron chi connectivity index (χ2n) is 7.94. The van der Waals surface area contributed by atoms with Crippen molar-refractivity contribution in [2.75, 3.05) is 0 Å². The first-order valence-corrected chi connectivity index (χ1v) is 10.2. The van der Waals surface area contributed by atoms with Gasteiger partial charge in [-0.15, -0.1) is 0 Å². The average Bonchev–Trinajstić information content (AvgIpc) is 3.40. The predicted octanol–water partition coefficient (Wildman–Crippen LogP) is 3.33. The SMILES string of the molecule is C[C@@H](c1ccc(C(F)(F)F)nc1)n1nc(C#N)c2c(=O)[nH]c(C3CCC3n3cccn3)nc21. The molecule has 4 aromatic heterocycles. The minimum atomic E-state index is -4.55. The molecule has 2 unspecified atom stereocenters. The van der Waals surface area contributed by atoms with Crippen LogP contribution in [-0.2, 0) is 6.18 Å². The zero-order chi connectivity index (χ0) is 23.3. The number of aromatic nitrogens is 7. The Kier molecular flexibility index (Phi) is 4.77. The second kappa shape index (κ2) is 7.54. The van der Waals surface area contributed by atoms with Crippen molar-refractivity contribution in [3.05, 3.63) is 69.9 Å². The summed E-state index contributed by atoms with van der Waals surface area (Å²) in [6.07, 6.45) is 1.78. The van der Waals surface area contributed by atoms with E-state index >= 15 is 0 Å². The summed E-state index contributed by atoms with van der Waals surface area (Å²) in [5.74, 6) is 0.390. The van der Waals surface area contributed by atoms with E-state index in [4.69, 9.17) is 0 Å². The van der Waals surface area contributed by atoms with Crippen LogP contribution in [0.3, 0.4) is 0 Å². The molecule has 1 fully saturated rings. The zero-order valence-electron chi connectivity index (χ0n) is 17.3. The third-order valence-corrected chi connectivity index (χ3v) is 6.07. The Hall–Kier alpha value is -4.01. The Morgan fingerprint density at radius 1 is 1.30 bits per heavy atom. The van der Waals surface area contributed by atoms with Gasteiger partial charge in [-0.05, 0) is 37.5 Å². The third kappa shape index (κ3) is 3.45. The van der Waals surface area contributed by atoms with Gasteiger partial charge in [-0.1, -0.05) is 6.07 Å². The van der Waals surface area contributed by atoms with Crippen LogP contribution in [0.4, 0.5) is 13.2 Å². The number of nitrogens with zero attached hydrogens (tertiary/aromatic N) is 7. The molecule has 168 valence electrons. The van der Waals surface area contributed by atoms with Gasteiger partial charge in [0.2, 0.25) is 0 Å². The Bertz CT molecular complexity index is 1410. The van der Waals surface area contributed by atoms with Crippen LogP contribution in [0.2, 0.25) is 0 Å². The number of hydrogen-bond acceptors (Lipinski definition) is 6. The molecular formula is C21H17F3N8O. The highest BCUT2D eigenvalue weighted by atomic mass is 19.4. The minimum absolute atomic E-state index is 0.0444. The third-order valence-electron chi connectivity index (χ3n) is 6.07. The summed E-state index contributed by atoms with van der Waals surface area (Å²) >= 11 is 0. The van der Waals surface area contributed by atoms with Crippen LogP contribution in [0.5, 0.6) is 0 Å². The van der Waals surface area contributed by atoms with Crippen molar-refractivity contribution in [1.82, 2.24) is 34.5 Å².